The molecule has 2 heterocycles. The van der Waals surface area contributed by atoms with Crippen LogP contribution >= 0.6 is 11.3 Å². The lowest BCUT2D eigenvalue weighted by Crippen LogP contribution is -2.31. The van der Waals surface area contributed by atoms with Gasteiger partial charge < -0.3 is 5.32 Å². The number of thiazole rings is 1. The van der Waals surface area contributed by atoms with Crippen molar-refractivity contribution in [2.24, 2.45) is 0 Å². The molecule has 0 aliphatic heterocycles. The lowest BCUT2D eigenvalue weighted by molar-refractivity contribution is 0.0935. The first-order valence-corrected chi connectivity index (χ1v) is 11.5. The largest absolute Gasteiger partial charge is 0.343 e. The van der Waals surface area contributed by atoms with Gasteiger partial charge in [0.05, 0.1) is 22.2 Å². The van der Waals surface area contributed by atoms with E-state index < -0.39 is 27.8 Å². The van der Waals surface area contributed by atoms with E-state index in [0.717, 1.165) is 29.5 Å². The van der Waals surface area contributed by atoms with Crippen LogP contribution in [0.25, 0.3) is 11.3 Å². The Morgan fingerprint density at radius 2 is 1.97 bits per heavy atom. The SMILES string of the molecule is CC(C)NS(=O)(=O)c1ccc(F)c(C(=O)NC(C)c2nc(-c3cccnc3)cs2)c1. The number of rotatable bonds is 7. The first kappa shape index (κ1) is 22.0. The van der Waals surface area contributed by atoms with Crippen LogP contribution in [0.2, 0.25) is 0 Å². The average Bonchev–Trinajstić information content (AvgIpc) is 3.18. The molecule has 0 radical (unpaired) electrons. The number of sulfonamides is 1. The minimum Gasteiger partial charge on any atom is -0.343 e. The Morgan fingerprint density at radius 3 is 2.63 bits per heavy atom. The van der Waals surface area contributed by atoms with Gasteiger partial charge in [-0.1, -0.05) is 0 Å². The van der Waals surface area contributed by atoms with Crippen LogP contribution in [0.15, 0.2) is 53.0 Å². The minimum atomic E-state index is -3.85. The average molecular weight is 449 g/mol. The van der Waals surface area contributed by atoms with Gasteiger partial charge in [-0.2, -0.15) is 0 Å². The van der Waals surface area contributed by atoms with E-state index in [1.54, 1.807) is 39.2 Å². The van der Waals surface area contributed by atoms with Crippen LogP contribution in [0.1, 0.15) is 42.2 Å². The fourth-order valence-electron chi connectivity index (χ4n) is 2.69. The van der Waals surface area contributed by atoms with Crippen molar-refractivity contribution in [2.75, 3.05) is 0 Å². The van der Waals surface area contributed by atoms with E-state index in [1.807, 2.05) is 11.4 Å². The summed E-state index contributed by atoms with van der Waals surface area (Å²) < 4.78 is 41.3. The van der Waals surface area contributed by atoms with Crippen LogP contribution in [0.5, 0.6) is 0 Å². The number of benzene rings is 1. The standard InChI is InChI=1S/C20H21FN4O3S2/c1-12(2)25-30(27,28)15-6-7-17(21)16(9-15)19(26)23-13(3)20-24-18(11-29-20)14-5-4-8-22-10-14/h4-13,25H,1-3H3,(H,23,26). The predicted molar refractivity (Wildman–Crippen MR) is 113 cm³/mol. The summed E-state index contributed by atoms with van der Waals surface area (Å²) in [6, 6.07) is 5.97. The quantitative estimate of drug-likeness (QED) is 0.576. The van der Waals surface area contributed by atoms with Crippen molar-refractivity contribution < 1.29 is 17.6 Å². The molecule has 30 heavy (non-hydrogen) atoms. The maximum atomic E-state index is 14.3. The molecule has 3 rings (SSSR count). The number of pyridine rings is 1. The molecule has 10 heteroatoms. The van der Waals surface area contributed by atoms with E-state index in [0.29, 0.717) is 5.01 Å². The molecule has 0 saturated heterocycles. The summed E-state index contributed by atoms with van der Waals surface area (Å²) in [6.07, 6.45) is 3.35. The number of carbonyl (C=O) groups excluding carboxylic acids is 1. The van der Waals surface area contributed by atoms with Crippen LogP contribution in [0, 0.1) is 5.82 Å². The second kappa shape index (κ2) is 8.99. The molecule has 0 bridgehead atoms. The highest BCUT2D eigenvalue weighted by Crippen LogP contribution is 2.25. The lowest BCUT2D eigenvalue weighted by atomic mass is 10.2. The van der Waals surface area contributed by atoms with Crippen molar-refractivity contribution in [1.29, 1.82) is 0 Å². The monoisotopic (exact) mass is 448 g/mol. The van der Waals surface area contributed by atoms with Gasteiger partial charge in [-0.15, -0.1) is 11.3 Å². The topological polar surface area (TPSA) is 101 Å². The van der Waals surface area contributed by atoms with Crippen molar-refractivity contribution in [3.63, 3.8) is 0 Å². The van der Waals surface area contributed by atoms with E-state index in [4.69, 9.17) is 0 Å². The molecule has 0 spiro atoms. The molecule has 1 unspecified atom stereocenters. The van der Waals surface area contributed by atoms with Crippen molar-refractivity contribution >= 4 is 27.3 Å². The number of nitrogens with zero attached hydrogens (tertiary/aromatic N) is 2. The highest BCUT2D eigenvalue weighted by atomic mass is 32.2. The van der Waals surface area contributed by atoms with Gasteiger partial charge in [0.2, 0.25) is 10.0 Å². The summed E-state index contributed by atoms with van der Waals surface area (Å²) in [5.74, 6) is -1.53. The number of carbonyl (C=O) groups is 1. The van der Waals surface area contributed by atoms with Gasteiger partial charge in [-0.05, 0) is 51.1 Å². The molecule has 1 aromatic carbocycles. The van der Waals surface area contributed by atoms with Crippen molar-refractivity contribution in [1.82, 2.24) is 20.0 Å². The third-order valence-electron chi connectivity index (χ3n) is 4.08. The molecule has 0 aliphatic carbocycles. The maximum absolute atomic E-state index is 14.3. The number of halogens is 1. The summed E-state index contributed by atoms with van der Waals surface area (Å²) >= 11 is 1.35. The third-order valence-corrected chi connectivity index (χ3v) is 6.76. The highest BCUT2D eigenvalue weighted by molar-refractivity contribution is 7.89. The summed E-state index contributed by atoms with van der Waals surface area (Å²) in [4.78, 5) is 21.0. The van der Waals surface area contributed by atoms with Gasteiger partial charge in [-0.25, -0.2) is 22.5 Å². The van der Waals surface area contributed by atoms with E-state index in [-0.39, 0.29) is 16.5 Å². The fraction of sp³-hybridized carbons (Fsp3) is 0.250. The van der Waals surface area contributed by atoms with Crippen molar-refractivity contribution in [3.8, 4) is 11.3 Å². The number of nitrogens with one attached hydrogen (secondary N) is 2. The molecule has 0 aliphatic rings. The van der Waals surface area contributed by atoms with Crippen LogP contribution < -0.4 is 10.0 Å². The van der Waals surface area contributed by atoms with Gasteiger partial charge in [0.15, 0.2) is 0 Å². The molecule has 0 fully saturated rings. The fourth-order valence-corrected chi connectivity index (χ4v) is 4.81. The van der Waals surface area contributed by atoms with Crippen LogP contribution in [-0.4, -0.2) is 30.3 Å². The minimum absolute atomic E-state index is 0.177. The molecule has 7 nitrogen and oxygen atoms in total. The molecule has 3 aromatic rings. The Bertz CT molecular complexity index is 1150. The summed E-state index contributed by atoms with van der Waals surface area (Å²) in [5, 5.41) is 5.16. The van der Waals surface area contributed by atoms with E-state index in [2.05, 4.69) is 20.0 Å². The van der Waals surface area contributed by atoms with E-state index in [1.165, 1.54) is 11.3 Å². The summed E-state index contributed by atoms with van der Waals surface area (Å²) in [5.41, 5.74) is 1.22. The van der Waals surface area contributed by atoms with Crippen LogP contribution in [-0.2, 0) is 10.0 Å². The zero-order chi connectivity index (χ0) is 21.9. The molecule has 1 atom stereocenters. The van der Waals surface area contributed by atoms with E-state index >= 15 is 0 Å². The third kappa shape index (κ3) is 5.07. The van der Waals surface area contributed by atoms with Gasteiger partial charge in [0.25, 0.3) is 5.91 Å². The number of hydrogen-bond acceptors (Lipinski definition) is 6. The number of amides is 1. The normalized spacial score (nSPS) is 12.7. The Balaban J connectivity index is 1.79. The van der Waals surface area contributed by atoms with Crippen molar-refractivity contribution in [2.45, 2.75) is 37.8 Å². The predicted octanol–water partition coefficient (Wildman–Crippen LogP) is 3.52. The Kier molecular flexibility index (Phi) is 6.59. The smallest absolute Gasteiger partial charge is 0.254 e. The molecule has 2 N–H and O–H groups in total. The molecular weight excluding hydrogens is 427 g/mol. The Labute approximate surface area is 178 Å². The zero-order valence-electron chi connectivity index (χ0n) is 16.6. The molecule has 2 aromatic heterocycles. The summed E-state index contributed by atoms with van der Waals surface area (Å²) in [6.45, 7) is 5.07. The zero-order valence-corrected chi connectivity index (χ0v) is 18.2. The van der Waals surface area contributed by atoms with Gasteiger partial charge in [-0.3, -0.25) is 9.78 Å². The van der Waals surface area contributed by atoms with Crippen molar-refractivity contribution in [3.05, 3.63) is 64.5 Å². The first-order chi connectivity index (χ1) is 14.2. The Morgan fingerprint density at radius 1 is 1.20 bits per heavy atom. The van der Waals surface area contributed by atoms with E-state index in [9.17, 15) is 17.6 Å². The van der Waals surface area contributed by atoms with Gasteiger partial charge >= 0.3 is 0 Å². The summed E-state index contributed by atoms with van der Waals surface area (Å²) in [7, 11) is -3.85. The first-order valence-electron chi connectivity index (χ1n) is 9.16. The van der Waals surface area contributed by atoms with Gasteiger partial charge in [0.1, 0.15) is 10.8 Å². The number of aromatic nitrogens is 2. The molecule has 0 saturated carbocycles. The van der Waals surface area contributed by atoms with Crippen LogP contribution in [0.3, 0.4) is 0 Å². The van der Waals surface area contributed by atoms with Gasteiger partial charge in [0, 0.05) is 29.4 Å². The number of hydrogen-bond donors (Lipinski definition) is 2. The maximum Gasteiger partial charge on any atom is 0.254 e. The molecular formula is C20H21FN4O3S2. The Hall–Kier alpha value is -2.69. The molecule has 1 amide bonds. The second-order valence-electron chi connectivity index (χ2n) is 6.93. The van der Waals surface area contributed by atoms with Crippen LogP contribution in [0.4, 0.5) is 4.39 Å². The second-order valence-corrected chi connectivity index (χ2v) is 9.53. The lowest BCUT2D eigenvalue weighted by Gasteiger charge is -2.14. The highest BCUT2D eigenvalue weighted by Gasteiger charge is 2.22. The molecule has 158 valence electrons.